The van der Waals surface area contributed by atoms with Crippen LogP contribution in [0.4, 0.5) is 34.1 Å². The molecule has 1 aliphatic carbocycles. The second kappa shape index (κ2) is 14.3. The van der Waals surface area contributed by atoms with E-state index in [0.717, 1.165) is 28.4 Å². The van der Waals surface area contributed by atoms with Gasteiger partial charge in [-0.05, 0) is 139 Å². The number of para-hydroxylation sites is 2. The van der Waals surface area contributed by atoms with Gasteiger partial charge >= 0.3 is 0 Å². The molecule has 0 saturated heterocycles. The predicted octanol–water partition coefficient (Wildman–Crippen LogP) is 16.6. The van der Waals surface area contributed by atoms with Crippen LogP contribution in [0, 0.1) is 0 Å². The van der Waals surface area contributed by atoms with Crippen LogP contribution in [0.25, 0.3) is 43.4 Å². The molecule has 59 heavy (non-hydrogen) atoms. The fraction of sp³-hybridized carbons (Fsp3) is 0.158. The molecule has 0 radical (unpaired) electrons. The minimum Gasteiger partial charge on any atom is -0.310 e. The van der Waals surface area contributed by atoms with Crippen molar-refractivity contribution in [3.8, 4) is 11.1 Å². The van der Waals surface area contributed by atoms with Gasteiger partial charge in [0, 0.05) is 39.2 Å². The highest BCUT2D eigenvalue weighted by atomic mass is 15.1. The molecule has 10 rings (SSSR count). The molecule has 0 heterocycles. The molecule has 0 aromatic heterocycles. The third-order valence-electron chi connectivity index (χ3n) is 12.7. The maximum atomic E-state index is 2.50. The largest absolute Gasteiger partial charge is 0.310 e. The SMILES string of the molecule is CC(C)c1ccc(N(c2ccccc2)c2ccc3c4c(c5ccccc5c3c2)-c2cc(N(c3ccccc3)c3ccc(C(C)C)cc3)c3ccccc3c2C4(C)C)cc1. The van der Waals surface area contributed by atoms with E-state index in [-0.39, 0.29) is 5.41 Å². The standard InChI is InChI=1S/C57H50N2/c1-37(2)39-25-29-43(30-26-39)58(41-17-9-7-10-18-41)45-33-34-50-51(35-45)46-21-13-15-23-48(46)54-52-36-53(47-22-14-16-24-49(47)55(52)57(5,6)56(50)54)59(42-19-11-8-12-20-42)44-31-27-40(28-32-44)38(3)4/h7-38H,1-6H3. The lowest BCUT2D eigenvalue weighted by Crippen LogP contribution is -2.17. The minimum absolute atomic E-state index is 0.269. The second-order valence-corrected chi connectivity index (χ2v) is 17.3. The first kappa shape index (κ1) is 36.7. The van der Waals surface area contributed by atoms with Gasteiger partial charge in [0.15, 0.2) is 0 Å². The monoisotopic (exact) mass is 762 g/mol. The molecule has 9 aromatic carbocycles. The summed E-state index contributed by atoms with van der Waals surface area (Å²) >= 11 is 0. The Balaban J connectivity index is 1.23. The van der Waals surface area contributed by atoms with Gasteiger partial charge in [0.1, 0.15) is 0 Å². The van der Waals surface area contributed by atoms with Gasteiger partial charge in [0.25, 0.3) is 0 Å². The zero-order valence-corrected chi connectivity index (χ0v) is 34.9. The fourth-order valence-electron chi connectivity index (χ4n) is 9.83. The Labute approximate surface area is 349 Å². The van der Waals surface area contributed by atoms with Gasteiger partial charge in [-0.1, -0.05) is 157 Å². The lowest BCUT2D eigenvalue weighted by atomic mass is 9.77. The Morgan fingerprint density at radius 2 is 0.797 bits per heavy atom. The first-order chi connectivity index (χ1) is 28.7. The zero-order chi connectivity index (χ0) is 40.4. The number of fused-ring (bicyclic) bond motifs is 10. The van der Waals surface area contributed by atoms with Crippen LogP contribution >= 0.6 is 0 Å². The summed E-state index contributed by atoms with van der Waals surface area (Å²) in [6.45, 7) is 13.9. The normalized spacial score (nSPS) is 13.0. The van der Waals surface area contributed by atoms with Crippen molar-refractivity contribution in [3.63, 3.8) is 0 Å². The highest BCUT2D eigenvalue weighted by Crippen LogP contribution is 2.59. The molecule has 0 aliphatic heterocycles. The predicted molar refractivity (Wildman–Crippen MR) is 254 cm³/mol. The summed E-state index contributed by atoms with van der Waals surface area (Å²) in [6.07, 6.45) is 0. The van der Waals surface area contributed by atoms with Gasteiger partial charge in [0.2, 0.25) is 0 Å². The van der Waals surface area contributed by atoms with E-state index >= 15 is 0 Å². The average molecular weight is 763 g/mol. The topological polar surface area (TPSA) is 6.48 Å². The summed E-state index contributed by atoms with van der Waals surface area (Å²) in [5.74, 6) is 0.937. The van der Waals surface area contributed by atoms with Crippen LogP contribution in [0.3, 0.4) is 0 Å². The summed E-state index contributed by atoms with van der Waals surface area (Å²) in [6, 6.07) is 67.7. The van der Waals surface area contributed by atoms with E-state index in [4.69, 9.17) is 0 Å². The third-order valence-corrected chi connectivity index (χ3v) is 12.7. The van der Waals surface area contributed by atoms with Crippen LogP contribution in [-0.4, -0.2) is 0 Å². The van der Waals surface area contributed by atoms with E-state index in [2.05, 4.69) is 233 Å². The van der Waals surface area contributed by atoms with E-state index in [1.165, 1.54) is 71.4 Å². The summed E-state index contributed by atoms with van der Waals surface area (Å²) in [5.41, 5.74) is 14.8. The van der Waals surface area contributed by atoms with Gasteiger partial charge < -0.3 is 9.80 Å². The molecule has 0 bridgehead atoms. The molecule has 0 saturated carbocycles. The molecule has 0 fully saturated rings. The van der Waals surface area contributed by atoms with Crippen LogP contribution in [0.15, 0.2) is 182 Å². The first-order valence-corrected chi connectivity index (χ1v) is 21.2. The fourth-order valence-corrected chi connectivity index (χ4v) is 9.83. The Bertz CT molecular complexity index is 3000. The van der Waals surface area contributed by atoms with Crippen LogP contribution in [0.5, 0.6) is 0 Å². The van der Waals surface area contributed by atoms with E-state index in [9.17, 15) is 0 Å². The quantitative estimate of drug-likeness (QED) is 0.142. The molecule has 0 amide bonds. The van der Waals surface area contributed by atoms with Crippen LogP contribution in [0.1, 0.15) is 75.6 Å². The van der Waals surface area contributed by atoms with Crippen molar-refractivity contribution in [2.75, 3.05) is 9.80 Å². The molecule has 0 spiro atoms. The van der Waals surface area contributed by atoms with Crippen molar-refractivity contribution in [2.45, 2.75) is 58.8 Å². The van der Waals surface area contributed by atoms with Crippen molar-refractivity contribution in [3.05, 3.63) is 204 Å². The Morgan fingerprint density at radius 3 is 1.37 bits per heavy atom. The summed E-state index contributed by atoms with van der Waals surface area (Å²) in [4.78, 5) is 4.86. The molecule has 0 atom stereocenters. The second-order valence-electron chi connectivity index (χ2n) is 17.3. The van der Waals surface area contributed by atoms with Crippen molar-refractivity contribution in [1.29, 1.82) is 0 Å². The first-order valence-electron chi connectivity index (χ1n) is 21.2. The Kier molecular flexibility index (Phi) is 8.91. The molecule has 9 aromatic rings. The summed E-state index contributed by atoms with van der Waals surface area (Å²) in [7, 11) is 0. The summed E-state index contributed by atoms with van der Waals surface area (Å²) < 4.78 is 0. The van der Waals surface area contributed by atoms with Gasteiger partial charge in [-0.3, -0.25) is 0 Å². The average Bonchev–Trinajstić information content (AvgIpc) is 3.51. The van der Waals surface area contributed by atoms with E-state index in [0.29, 0.717) is 11.8 Å². The Morgan fingerprint density at radius 1 is 0.356 bits per heavy atom. The van der Waals surface area contributed by atoms with E-state index in [1.807, 2.05) is 0 Å². The molecule has 0 unspecified atom stereocenters. The number of benzene rings is 9. The van der Waals surface area contributed by atoms with Crippen LogP contribution in [-0.2, 0) is 5.41 Å². The maximum absolute atomic E-state index is 2.50. The number of nitrogens with zero attached hydrogens (tertiary/aromatic N) is 2. The smallest absolute Gasteiger partial charge is 0.0546 e. The van der Waals surface area contributed by atoms with Gasteiger partial charge in [0.05, 0.1) is 5.69 Å². The number of anilines is 6. The molecular weight excluding hydrogens is 713 g/mol. The number of hydrogen-bond donors (Lipinski definition) is 0. The highest BCUT2D eigenvalue weighted by molar-refractivity contribution is 6.21. The van der Waals surface area contributed by atoms with E-state index in [1.54, 1.807) is 0 Å². The van der Waals surface area contributed by atoms with Gasteiger partial charge in [-0.15, -0.1) is 0 Å². The molecule has 0 N–H and O–H groups in total. The van der Waals surface area contributed by atoms with Crippen molar-refractivity contribution in [2.24, 2.45) is 0 Å². The summed E-state index contributed by atoms with van der Waals surface area (Å²) in [5, 5.41) is 7.70. The zero-order valence-electron chi connectivity index (χ0n) is 34.9. The van der Waals surface area contributed by atoms with Gasteiger partial charge in [-0.2, -0.15) is 0 Å². The molecule has 2 heteroatoms. The lowest BCUT2D eigenvalue weighted by Gasteiger charge is -2.30. The number of hydrogen-bond acceptors (Lipinski definition) is 2. The molecule has 2 nitrogen and oxygen atoms in total. The van der Waals surface area contributed by atoms with Crippen molar-refractivity contribution >= 4 is 66.4 Å². The van der Waals surface area contributed by atoms with Crippen LogP contribution in [0.2, 0.25) is 0 Å². The van der Waals surface area contributed by atoms with Crippen LogP contribution < -0.4 is 9.80 Å². The van der Waals surface area contributed by atoms with Gasteiger partial charge in [-0.25, -0.2) is 0 Å². The minimum atomic E-state index is -0.269. The lowest BCUT2D eigenvalue weighted by molar-refractivity contribution is 0.672. The third kappa shape index (κ3) is 6.00. The molecule has 288 valence electrons. The number of rotatable bonds is 8. The molecular formula is C57H50N2. The highest BCUT2D eigenvalue weighted by Gasteiger charge is 2.41. The van der Waals surface area contributed by atoms with Crippen molar-refractivity contribution < 1.29 is 0 Å². The molecule has 1 aliphatic rings. The van der Waals surface area contributed by atoms with Crippen molar-refractivity contribution in [1.82, 2.24) is 0 Å². The van der Waals surface area contributed by atoms with E-state index < -0.39 is 0 Å². The Hall–Kier alpha value is -6.64. The maximum Gasteiger partial charge on any atom is 0.0546 e.